The summed E-state index contributed by atoms with van der Waals surface area (Å²) in [6.07, 6.45) is 1.76. The first kappa shape index (κ1) is 18.0. The minimum absolute atomic E-state index is 0.237. The molecule has 142 valence electrons. The van der Waals surface area contributed by atoms with E-state index in [2.05, 4.69) is 10.1 Å². The Hall–Kier alpha value is -3.39. The molecule has 0 saturated carbocycles. The van der Waals surface area contributed by atoms with Crippen molar-refractivity contribution in [2.24, 2.45) is 0 Å². The molecule has 0 aliphatic heterocycles. The minimum atomic E-state index is -0.237. The molecule has 28 heavy (non-hydrogen) atoms. The maximum absolute atomic E-state index is 12.8. The zero-order valence-electron chi connectivity index (χ0n) is 15.5. The smallest absolute Gasteiger partial charge is 0.291 e. The van der Waals surface area contributed by atoms with E-state index in [1.807, 2.05) is 30.3 Å². The van der Waals surface area contributed by atoms with Gasteiger partial charge < -0.3 is 14.2 Å². The van der Waals surface area contributed by atoms with Crippen LogP contribution in [0.3, 0.4) is 0 Å². The van der Waals surface area contributed by atoms with Gasteiger partial charge in [0.05, 0.1) is 31.4 Å². The third-order valence-electron chi connectivity index (χ3n) is 4.25. The fourth-order valence-corrected chi connectivity index (χ4v) is 3.77. The molecule has 0 fully saturated rings. The Balaban J connectivity index is 1.84. The van der Waals surface area contributed by atoms with E-state index in [4.69, 9.17) is 14.2 Å². The number of thiazole rings is 1. The number of hydrogen-bond acceptors (Lipinski definition) is 7. The molecule has 0 saturated heterocycles. The molecular formula is C20H17N3O4S. The molecular weight excluding hydrogens is 378 g/mol. The molecule has 4 rings (SSSR count). The van der Waals surface area contributed by atoms with Gasteiger partial charge in [0.25, 0.3) is 5.56 Å². The summed E-state index contributed by atoms with van der Waals surface area (Å²) in [6, 6.07) is 12.8. The van der Waals surface area contributed by atoms with Crippen molar-refractivity contribution < 1.29 is 14.2 Å². The first-order valence-corrected chi connectivity index (χ1v) is 9.23. The van der Waals surface area contributed by atoms with Crippen molar-refractivity contribution in [2.75, 3.05) is 21.3 Å². The number of para-hydroxylation sites is 1. The molecule has 8 heteroatoms. The summed E-state index contributed by atoms with van der Waals surface area (Å²) < 4.78 is 17.8. The van der Waals surface area contributed by atoms with Crippen LogP contribution in [0.4, 0.5) is 0 Å². The van der Waals surface area contributed by atoms with Crippen LogP contribution in [0.2, 0.25) is 0 Å². The van der Waals surface area contributed by atoms with Crippen LogP contribution >= 0.6 is 11.3 Å². The molecule has 0 bridgehead atoms. The standard InChI is InChI=1S/C20H17N3O4S/c1-25-13-8-9-15(26-2)12(10-13)11-17-19(24)23-20(28-17)21-18(22-23)14-6-4-5-7-16(14)27-3/h4-11H,1-3H3/b17-11+. The van der Waals surface area contributed by atoms with Gasteiger partial charge in [0.1, 0.15) is 17.2 Å². The van der Waals surface area contributed by atoms with Crippen LogP contribution in [0.5, 0.6) is 17.2 Å². The molecule has 2 aromatic heterocycles. The minimum Gasteiger partial charge on any atom is -0.497 e. The predicted molar refractivity (Wildman–Crippen MR) is 107 cm³/mol. The van der Waals surface area contributed by atoms with Gasteiger partial charge in [-0.15, -0.1) is 5.10 Å². The van der Waals surface area contributed by atoms with E-state index >= 15 is 0 Å². The Morgan fingerprint density at radius 1 is 1.00 bits per heavy atom. The van der Waals surface area contributed by atoms with E-state index in [0.29, 0.717) is 32.6 Å². The molecule has 0 aliphatic rings. The summed E-state index contributed by atoms with van der Waals surface area (Å²) in [7, 11) is 4.76. The first-order chi connectivity index (χ1) is 13.6. The summed E-state index contributed by atoms with van der Waals surface area (Å²) in [4.78, 5) is 17.8. The molecule has 4 aromatic rings. The van der Waals surface area contributed by atoms with Crippen LogP contribution < -0.4 is 24.3 Å². The molecule has 0 amide bonds. The lowest BCUT2D eigenvalue weighted by molar-refractivity contribution is 0.402. The normalized spacial score (nSPS) is 11.8. The topological polar surface area (TPSA) is 74.9 Å². The Labute approximate surface area is 164 Å². The third-order valence-corrected chi connectivity index (χ3v) is 5.21. The molecule has 0 unspecified atom stereocenters. The van der Waals surface area contributed by atoms with Crippen molar-refractivity contribution >= 4 is 22.4 Å². The van der Waals surface area contributed by atoms with E-state index in [1.165, 1.54) is 15.9 Å². The van der Waals surface area contributed by atoms with Gasteiger partial charge >= 0.3 is 0 Å². The number of aromatic nitrogens is 3. The monoisotopic (exact) mass is 395 g/mol. The fraction of sp³-hybridized carbons (Fsp3) is 0.150. The molecule has 0 spiro atoms. The highest BCUT2D eigenvalue weighted by molar-refractivity contribution is 7.15. The maximum atomic E-state index is 12.8. The SMILES string of the molecule is COc1ccc(OC)c(/C=c2/sc3nc(-c4ccccc4OC)nn3c2=O)c1. The number of methoxy groups -OCH3 is 3. The highest BCUT2D eigenvalue weighted by atomic mass is 32.1. The number of nitrogens with zero attached hydrogens (tertiary/aromatic N) is 3. The van der Waals surface area contributed by atoms with Gasteiger partial charge in [-0.25, -0.2) is 0 Å². The van der Waals surface area contributed by atoms with Gasteiger partial charge in [-0.1, -0.05) is 23.5 Å². The summed E-state index contributed by atoms with van der Waals surface area (Å²) in [5.41, 5.74) is 1.24. The Kier molecular flexibility index (Phi) is 4.70. The second-order valence-electron chi connectivity index (χ2n) is 5.85. The van der Waals surface area contributed by atoms with Crippen molar-refractivity contribution in [3.8, 4) is 28.6 Å². The maximum Gasteiger partial charge on any atom is 0.291 e. The summed E-state index contributed by atoms with van der Waals surface area (Å²) >= 11 is 1.26. The Morgan fingerprint density at radius 3 is 2.50 bits per heavy atom. The number of hydrogen-bond donors (Lipinski definition) is 0. The van der Waals surface area contributed by atoms with E-state index in [-0.39, 0.29) is 5.56 Å². The van der Waals surface area contributed by atoms with E-state index in [9.17, 15) is 4.79 Å². The Bertz CT molecular complexity index is 1260. The van der Waals surface area contributed by atoms with Crippen LogP contribution in [0.25, 0.3) is 22.4 Å². The lowest BCUT2D eigenvalue weighted by Gasteiger charge is -2.06. The van der Waals surface area contributed by atoms with E-state index in [1.54, 1.807) is 39.5 Å². The van der Waals surface area contributed by atoms with Gasteiger partial charge in [-0.2, -0.15) is 9.50 Å². The average molecular weight is 395 g/mol. The van der Waals surface area contributed by atoms with Crippen LogP contribution in [0.1, 0.15) is 5.56 Å². The van der Waals surface area contributed by atoms with Gasteiger partial charge in [-0.3, -0.25) is 4.79 Å². The second-order valence-corrected chi connectivity index (χ2v) is 6.86. The van der Waals surface area contributed by atoms with Crippen molar-refractivity contribution in [3.05, 3.63) is 62.9 Å². The number of rotatable bonds is 5. The molecule has 2 aromatic carbocycles. The molecule has 7 nitrogen and oxygen atoms in total. The molecule has 0 atom stereocenters. The second kappa shape index (κ2) is 7.32. The van der Waals surface area contributed by atoms with Crippen LogP contribution in [-0.2, 0) is 0 Å². The van der Waals surface area contributed by atoms with Crippen molar-refractivity contribution in [3.63, 3.8) is 0 Å². The Morgan fingerprint density at radius 2 is 1.79 bits per heavy atom. The average Bonchev–Trinajstić information content (AvgIpc) is 3.27. The summed E-state index contributed by atoms with van der Waals surface area (Å²) in [5.74, 6) is 2.43. The van der Waals surface area contributed by atoms with Crippen molar-refractivity contribution in [1.29, 1.82) is 0 Å². The highest BCUT2D eigenvalue weighted by Crippen LogP contribution is 2.27. The van der Waals surface area contributed by atoms with Gasteiger partial charge in [0.15, 0.2) is 5.82 Å². The lowest BCUT2D eigenvalue weighted by Crippen LogP contribution is -2.23. The van der Waals surface area contributed by atoms with E-state index < -0.39 is 0 Å². The van der Waals surface area contributed by atoms with Gasteiger partial charge in [0.2, 0.25) is 4.96 Å². The first-order valence-electron chi connectivity index (χ1n) is 8.41. The van der Waals surface area contributed by atoms with Gasteiger partial charge in [-0.05, 0) is 36.4 Å². The molecule has 0 radical (unpaired) electrons. The molecule has 0 N–H and O–H groups in total. The highest BCUT2D eigenvalue weighted by Gasteiger charge is 2.15. The zero-order chi connectivity index (χ0) is 19.7. The largest absolute Gasteiger partial charge is 0.497 e. The van der Waals surface area contributed by atoms with Crippen molar-refractivity contribution in [2.45, 2.75) is 0 Å². The predicted octanol–water partition coefficient (Wildman–Crippen LogP) is 2.39. The number of benzene rings is 2. The van der Waals surface area contributed by atoms with Crippen molar-refractivity contribution in [1.82, 2.24) is 14.6 Å². The van der Waals surface area contributed by atoms with Crippen LogP contribution in [0, 0.1) is 0 Å². The molecule has 2 heterocycles. The quantitative estimate of drug-likeness (QED) is 0.517. The van der Waals surface area contributed by atoms with E-state index in [0.717, 1.165) is 11.1 Å². The van der Waals surface area contributed by atoms with Crippen LogP contribution in [-0.4, -0.2) is 35.9 Å². The number of fused-ring (bicyclic) bond motifs is 1. The van der Waals surface area contributed by atoms with Crippen LogP contribution in [0.15, 0.2) is 47.3 Å². The summed E-state index contributed by atoms with van der Waals surface area (Å²) in [5, 5.41) is 4.38. The number of ether oxygens (including phenoxy) is 3. The third kappa shape index (κ3) is 3.07. The fourth-order valence-electron chi connectivity index (χ4n) is 2.87. The summed E-state index contributed by atoms with van der Waals surface area (Å²) in [6.45, 7) is 0. The van der Waals surface area contributed by atoms with Gasteiger partial charge in [0, 0.05) is 5.56 Å². The lowest BCUT2D eigenvalue weighted by atomic mass is 10.2. The zero-order valence-corrected chi connectivity index (χ0v) is 16.3. The molecule has 0 aliphatic carbocycles.